The second kappa shape index (κ2) is 9.11. The molecule has 0 spiro atoms. The van der Waals surface area contributed by atoms with Crippen LogP contribution in [0, 0.1) is 0 Å². The van der Waals surface area contributed by atoms with Crippen molar-refractivity contribution in [2.24, 2.45) is 0 Å². The highest BCUT2D eigenvalue weighted by Gasteiger charge is 2.27. The molecule has 1 aliphatic rings. The fraction of sp³-hybridized carbons (Fsp3) is 0.125. The number of amides is 1. The summed E-state index contributed by atoms with van der Waals surface area (Å²) in [6, 6.07) is 11.6. The Labute approximate surface area is 200 Å². The second-order valence-corrected chi connectivity index (χ2v) is 9.19. The van der Waals surface area contributed by atoms with Crippen LogP contribution in [0.25, 0.3) is 17.0 Å². The van der Waals surface area contributed by atoms with E-state index in [2.05, 4.69) is 15.0 Å². The Kier molecular flexibility index (Phi) is 5.83. The minimum Gasteiger partial charge on any atom is -0.492 e. The number of hydrogen-bond donors (Lipinski definition) is 3. The maximum Gasteiger partial charge on any atom is 0.262 e. The van der Waals surface area contributed by atoms with Crippen molar-refractivity contribution in [2.45, 2.75) is 11.4 Å². The van der Waals surface area contributed by atoms with Gasteiger partial charge in [0, 0.05) is 34.8 Å². The van der Waals surface area contributed by atoms with E-state index in [1.54, 1.807) is 36.5 Å². The van der Waals surface area contributed by atoms with E-state index in [-0.39, 0.29) is 29.7 Å². The van der Waals surface area contributed by atoms with Crippen molar-refractivity contribution in [1.82, 2.24) is 10.3 Å². The van der Waals surface area contributed by atoms with Crippen LogP contribution in [0.4, 0.5) is 5.69 Å². The van der Waals surface area contributed by atoms with Crippen LogP contribution < -0.4 is 24.2 Å². The lowest BCUT2D eigenvalue weighted by Gasteiger charge is -2.16. The van der Waals surface area contributed by atoms with E-state index in [0.717, 1.165) is 0 Å². The summed E-state index contributed by atoms with van der Waals surface area (Å²) in [7, 11) is -2.60. The number of carbonyl (C=O) groups excluding carboxylic acids is 1. The summed E-state index contributed by atoms with van der Waals surface area (Å²) in [5.74, 6) is 1.05. The van der Waals surface area contributed by atoms with E-state index < -0.39 is 15.9 Å². The highest BCUT2D eigenvalue weighted by Crippen LogP contribution is 2.48. The first-order valence-electron chi connectivity index (χ1n) is 10.5. The molecule has 5 rings (SSSR count). The molecule has 4 aromatic rings. The fourth-order valence-electron chi connectivity index (χ4n) is 3.78. The van der Waals surface area contributed by atoms with Gasteiger partial charge in [-0.3, -0.25) is 9.52 Å². The molecule has 0 bridgehead atoms. The third-order valence-corrected chi connectivity index (χ3v) is 6.79. The Balaban J connectivity index is 1.50. The molecule has 180 valence electrons. The van der Waals surface area contributed by atoms with Gasteiger partial charge in [0.1, 0.15) is 5.76 Å². The van der Waals surface area contributed by atoms with Crippen molar-refractivity contribution in [3.8, 4) is 17.2 Å². The van der Waals surface area contributed by atoms with Gasteiger partial charge in [-0.2, -0.15) is 0 Å². The molecule has 0 fully saturated rings. The van der Waals surface area contributed by atoms with E-state index in [1.807, 2.05) is 0 Å². The number of anilines is 1. The number of H-pyrrole nitrogens is 1. The van der Waals surface area contributed by atoms with E-state index in [1.165, 1.54) is 37.7 Å². The van der Waals surface area contributed by atoms with Gasteiger partial charge in [-0.1, -0.05) is 6.07 Å². The fourth-order valence-corrected chi connectivity index (χ4v) is 5.07. The molecule has 2 aromatic heterocycles. The number of aromatic amines is 1. The number of furan rings is 1. The SMILES string of the molecule is COc1c(C=CC(=O)NCc2ccco2)c(NS(=O)(=O)c2cccc3[nH]ccc23)cc2c1OCO2. The predicted molar refractivity (Wildman–Crippen MR) is 128 cm³/mol. The Morgan fingerprint density at radius 3 is 2.89 bits per heavy atom. The van der Waals surface area contributed by atoms with Crippen molar-refractivity contribution in [3.63, 3.8) is 0 Å². The number of carbonyl (C=O) groups is 1. The number of rotatable bonds is 8. The molecule has 0 unspecified atom stereocenters. The van der Waals surface area contributed by atoms with E-state index in [0.29, 0.717) is 33.7 Å². The number of sulfonamides is 1. The predicted octanol–water partition coefficient (Wildman–Crippen LogP) is 3.63. The van der Waals surface area contributed by atoms with Gasteiger partial charge in [0.25, 0.3) is 10.0 Å². The number of hydrogen-bond acceptors (Lipinski definition) is 7. The van der Waals surface area contributed by atoms with Crippen molar-refractivity contribution >= 4 is 38.6 Å². The minimum atomic E-state index is -4.02. The molecule has 0 aliphatic carbocycles. The van der Waals surface area contributed by atoms with Gasteiger partial charge in [-0.15, -0.1) is 0 Å². The van der Waals surface area contributed by atoms with Crippen LogP contribution in [0.5, 0.6) is 17.2 Å². The summed E-state index contributed by atoms with van der Waals surface area (Å²) >= 11 is 0. The average molecular weight is 496 g/mol. The molecule has 0 atom stereocenters. The number of methoxy groups -OCH3 is 1. The Morgan fingerprint density at radius 1 is 1.20 bits per heavy atom. The van der Waals surface area contributed by atoms with E-state index >= 15 is 0 Å². The number of nitrogens with one attached hydrogen (secondary N) is 3. The van der Waals surface area contributed by atoms with Gasteiger partial charge in [-0.25, -0.2) is 8.42 Å². The zero-order chi connectivity index (χ0) is 24.4. The van der Waals surface area contributed by atoms with Gasteiger partial charge >= 0.3 is 0 Å². The Morgan fingerprint density at radius 2 is 2.09 bits per heavy atom. The molecule has 10 nitrogen and oxygen atoms in total. The second-order valence-electron chi connectivity index (χ2n) is 7.54. The van der Waals surface area contributed by atoms with Crippen molar-refractivity contribution in [1.29, 1.82) is 0 Å². The van der Waals surface area contributed by atoms with Crippen LogP contribution in [0.15, 0.2) is 70.3 Å². The third-order valence-electron chi connectivity index (χ3n) is 5.37. The van der Waals surface area contributed by atoms with Crippen molar-refractivity contribution in [3.05, 3.63) is 72.3 Å². The van der Waals surface area contributed by atoms with Gasteiger partial charge < -0.3 is 28.9 Å². The average Bonchev–Trinajstić information content (AvgIpc) is 3.62. The number of ether oxygens (including phenoxy) is 3. The summed E-state index contributed by atoms with van der Waals surface area (Å²) in [4.78, 5) is 15.5. The van der Waals surface area contributed by atoms with Crippen LogP contribution in [0.1, 0.15) is 11.3 Å². The zero-order valence-electron chi connectivity index (χ0n) is 18.5. The topological polar surface area (TPSA) is 132 Å². The van der Waals surface area contributed by atoms with Crippen molar-refractivity contribution in [2.75, 3.05) is 18.6 Å². The van der Waals surface area contributed by atoms with Gasteiger partial charge in [-0.05, 0) is 36.4 Å². The van der Waals surface area contributed by atoms with Crippen LogP contribution in [-0.4, -0.2) is 33.2 Å². The zero-order valence-corrected chi connectivity index (χ0v) is 19.3. The van der Waals surface area contributed by atoms with E-state index in [9.17, 15) is 13.2 Å². The first kappa shape index (κ1) is 22.4. The molecular formula is C24H21N3O7S. The molecule has 11 heteroatoms. The molecule has 0 saturated heterocycles. The summed E-state index contributed by atoms with van der Waals surface area (Å²) in [5, 5.41) is 3.24. The lowest BCUT2D eigenvalue weighted by Crippen LogP contribution is -2.20. The molecule has 1 aliphatic heterocycles. The molecule has 35 heavy (non-hydrogen) atoms. The first-order chi connectivity index (χ1) is 17.0. The molecule has 1 amide bonds. The third kappa shape index (κ3) is 4.41. The quantitative estimate of drug-likeness (QED) is 0.318. The standard InChI is InChI=1S/C24H21N3O7S/c1-31-23-17(7-8-22(28)26-13-15-4-3-11-32-15)19(12-20-24(23)34-14-33-20)27-35(29,30)21-6-2-5-18-16(21)9-10-25-18/h2-12,25,27H,13-14H2,1H3,(H,26,28). The lowest BCUT2D eigenvalue weighted by molar-refractivity contribution is -0.116. The summed E-state index contributed by atoms with van der Waals surface area (Å²) < 4.78 is 51.1. The van der Waals surface area contributed by atoms with Gasteiger partial charge in [0.2, 0.25) is 18.4 Å². The minimum absolute atomic E-state index is 0.0443. The van der Waals surface area contributed by atoms with Crippen LogP contribution >= 0.6 is 0 Å². The smallest absolute Gasteiger partial charge is 0.262 e. The maximum atomic E-state index is 13.4. The molecule has 0 saturated carbocycles. The van der Waals surface area contributed by atoms with Crippen molar-refractivity contribution < 1.29 is 31.8 Å². The molecular weight excluding hydrogens is 474 g/mol. The number of benzene rings is 2. The highest BCUT2D eigenvalue weighted by atomic mass is 32.2. The molecule has 0 radical (unpaired) electrons. The Bertz CT molecular complexity index is 1520. The van der Waals surface area contributed by atoms with Gasteiger partial charge in [0.05, 0.1) is 30.5 Å². The maximum absolute atomic E-state index is 13.4. The van der Waals surface area contributed by atoms with Crippen LogP contribution in [-0.2, 0) is 21.4 Å². The summed E-state index contributed by atoms with van der Waals surface area (Å²) in [6.45, 7) is 0.159. The van der Waals surface area contributed by atoms with E-state index in [4.69, 9.17) is 18.6 Å². The lowest BCUT2D eigenvalue weighted by atomic mass is 10.1. The first-order valence-corrected chi connectivity index (χ1v) is 12.0. The number of fused-ring (bicyclic) bond motifs is 2. The van der Waals surface area contributed by atoms with Crippen LogP contribution in [0.2, 0.25) is 0 Å². The molecule has 2 aromatic carbocycles. The number of aromatic nitrogens is 1. The Hall–Kier alpha value is -4.38. The highest BCUT2D eigenvalue weighted by molar-refractivity contribution is 7.93. The largest absolute Gasteiger partial charge is 0.492 e. The molecule has 3 heterocycles. The normalized spacial score (nSPS) is 12.8. The summed E-state index contributed by atoms with van der Waals surface area (Å²) in [6.07, 6.45) is 5.91. The van der Waals surface area contributed by atoms with Gasteiger partial charge in [0.15, 0.2) is 11.5 Å². The van der Waals surface area contributed by atoms with Crippen LogP contribution in [0.3, 0.4) is 0 Å². The summed E-state index contributed by atoms with van der Waals surface area (Å²) in [5.41, 5.74) is 1.15. The molecule has 3 N–H and O–H groups in total. The monoisotopic (exact) mass is 495 g/mol.